The highest BCUT2D eigenvalue weighted by atomic mass is 32.2. The molecule has 1 atom stereocenters. The molecule has 0 radical (unpaired) electrons. The van der Waals surface area contributed by atoms with Gasteiger partial charge in [0, 0.05) is 6.20 Å². The summed E-state index contributed by atoms with van der Waals surface area (Å²) in [7, 11) is 0. The van der Waals surface area contributed by atoms with Gasteiger partial charge in [0.25, 0.3) is 0 Å². The summed E-state index contributed by atoms with van der Waals surface area (Å²) in [5.41, 5.74) is 0.877. The largest absolute Gasteiger partial charge is 0.349 e. The quantitative estimate of drug-likeness (QED) is 0.860. The Kier molecular flexibility index (Phi) is 5.12. The summed E-state index contributed by atoms with van der Waals surface area (Å²) < 4.78 is 12.8. The molecule has 2 rings (SSSR count). The number of nitrogens with zero attached hydrogens (tertiary/aromatic N) is 1. The van der Waals surface area contributed by atoms with Crippen LogP contribution in [0.4, 0.5) is 4.39 Å². The summed E-state index contributed by atoms with van der Waals surface area (Å²) >= 11 is 1.39. The highest BCUT2D eigenvalue weighted by Crippen LogP contribution is 2.16. The Hall–Kier alpha value is -1.88. The highest BCUT2D eigenvalue weighted by molar-refractivity contribution is 7.99. The van der Waals surface area contributed by atoms with Crippen LogP contribution in [0.3, 0.4) is 0 Å². The van der Waals surface area contributed by atoms with Gasteiger partial charge in [-0.05, 0) is 36.8 Å². The van der Waals surface area contributed by atoms with Crippen LogP contribution in [0.15, 0.2) is 53.7 Å². The van der Waals surface area contributed by atoms with Gasteiger partial charge in [-0.25, -0.2) is 9.37 Å². The molecular weight excluding hydrogens is 275 g/mol. The minimum absolute atomic E-state index is 0.0718. The van der Waals surface area contributed by atoms with Crippen molar-refractivity contribution in [1.29, 1.82) is 0 Å². The molecule has 0 aliphatic heterocycles. The molecule has 0 aliphatic carbocycles. The monoisotopic (exact) mass is 290 g/mol. The van der Waals surface area contributed by atoms with Gasteiger partial charge in [0.05, 0.1) is 16.8 Å². The third kappa shape index (κ3) is 4.35. The van der Waals surface area contributed by atoms with E-state index in [1.54, 1.807) is 18.3 Å². The number of thioether (sulfide) groups is 1. The Bertz CT molecular complexity index is 560. The van der Waals surface area contributed by atoms with Gasteiger partial charge in [-0.15, -0.1) is 0 Å². The van der Waals surface area contributed by atoms with E-state index in [-0.39, 0.29) is 17.8 Å². The molecule has 2 aromatic rings. The number of aromatic nitrogens is 1. The van der Waals surface area contributed by atoms with Gasteiger partial charge in [0.1, 0.15) is 5.82 Å². The van der Waals surface area contributed by atoms with Crippen LogP contribution in [0.5, 0.6) is 0 Å². The summed E-state index contributed by atoms with van der Waals surface area (Å²) in [6.07, 6.45) is 1.70. The van der Waals surface area contributed by atoms with Crippen LogP contribution >= 0.6 is 11.8 Å². The summed E-state index contributed by atoms with van der Waals surface area (Å²) in [4.78, 5) is 16.0. The number of halogens is 1. The van der Waals surface area contributed by atoms with Crippen LogP contribution in [0.1, 0.15) is 18.5 Å². The molecule has 1 heterocycles. The first-order valence-corrected chi connectivity index (χ1v) is 7.22. The zero-order chi connectivity index (χ0) is 14.4. The molecule has 3 nitrogen and oxygen atoms in total. The smallest absolute Gasteiger partial charge is 0.230 e. The normalized spacial score (nSPS) is 11.9. The molecule has 0 aliphatic rings. The number of pyridine rings is 1. The molecule has 0 saturated carbocycles. The van der Waals surface area contributed by atoms with Crippen LogP contribution in [0.25, 0.3) is 0 Å². The Morgan fingerprint density at radius 3 is 2.70 bits per heavy atom. The SMILES string of the molecule is CC(NC(=O)CSc1ccccn1)c1ccc(F)cc1. The van der Waals surface area contributed by atoms with Gasteiger partial charge >= 0.3 is 0 Å². The molecule has 0 bridgehead atoms. The highest BCUT2D eigenvalue weighted by Gasteiger charge is 2.10. The predicted molar refractivity (Wildman–Crippen MR) is 77.9 cm³/mol. The lowest BCUT2D eigenvalue weighted by atomic mass is 10.1. The van der Waals surface area contributed by atoms with E-state index in [0.29, 0.717) is 5.75 Å². The number of rotatable bonds is 5. The van der Waals surface area contributed by atoms with Crippen molar-refractivity contribution >= 4 is 17.7 Å². The maximum absolute atomic E-state index is 12.8. The van der Waals surface area contributed by atoms with Crippen LogP contribution in [-0.4, -0.2) is 16.6 Å². The van der Waals surface area contributed by atoms with E-state index in [2.05, 4.69) is 10.3 Å². The predicted octanol–water partition coefficient (Wildman–Crippen LogP) is 3.19. The van der Waals surface area contributed by atoms with E-state index in [0.717, 1.165) is 10.6 Å². The topological polar surface area (TPSA) is 42.0 Å². The van der Waals surface area contributed by atoms with E-state index in [1.165, 1.54) is 23.9 Å². The molecule has 104 valence electrons. The lowest BCUT2D eigenvalue weighted by molar-refractivity contribution is -0.119. The number of nitrogens with one attached hydrogen (secondary N) is 1. The van der Waals surface area contributed by atoms with Gasteiger partial charge in [0.15, 0.2) is 0 Å². The van der Waals surface area contributed by atoms with Crippen molar-refractivity contribution in [2.24, 2.45) is 0 Å². The van der Waals surface area contributed by atoms with Crippen LogP contribution < -0.4 is 5.32 Å². The van der Waals surface area contributed by atoms with E-state index in [9.17, 15) is 9.18 Å². The second kappa shape index (κ2) is 7.05. The maximum Gasteiger partial charge on any atom is 0.230 e. The second-order valence-corrected chi connectivity index (χ2v) is 5.29. The number of benzene rings is 1. The van der Waals surface area contributed by atoms with Gasteiger partial charge in [-0.1, -0.05) is 30.0 Å². The van der Waals surface area contributed by atoms with Gasteiger partial charge in [-0.2, -0.15) is 0 Å². The van der Waals surface area contributed by atoms with Crippen LogP contribution in [-0.2, 0) is 4.79 Å². The number of hydrogen-bond acceptors (Lipinski definition) is 3. The lowest BCUT2D eigenvalue weighted by Crippen LogP contribution is -2.28. The molecule has 1 aromatic heterocycles. The zero-order valence-electron chi connectivity index (χ0n) is 11.0. The maximum atomic E-state index is 12.8. The first kappa shape index (κ1) is 14.5. The van der Waals surface area contributed by atoms with E-state index < -0.39 is 0 Å². The summed E-state index contributed by atoms with van der Waals surface area (Å²) in [6, 6.07) is 11.6. The molecule has 0 saturated heterocycles. The Morgan fingerprint density at radius 1 is 1.30 bits per heavy atom. The summed E-state index contributed by atoms with van der Waals surface area (Å²) in [5.74, 6) is -0.0433. The number of hydrogen-bond donors (Lipinski definition) is 1. The van der Waals surface area contributed by atoms with E-state index in [1.807, 2.05) is 25.1 Å². The number of carbonyl (C=O) groups excluding carboxylic acids is 1. The molecular formula is C15H15FN2OS. The average Bonchev–Trinajstić information content (AvgIpc) is 2.47. The van der Waals surface area contributed by atoms with Gasteiger partial charge in [0.2, 0.25) is 5.91 Å². The standard InChI is InChI=1S/C15H15FN2OS/c1-11(12-5-7-13(16)8-6-12)18-14(19)10-20-15-4-2-3-9-17-15/h2-9,11H,10H2,1H3,(H,18,19). The fourth-order valence-corrected chi connectivity index (χ4v) is 2.36. The summed E-state index contributed by atoms with van der Waals surface area (Å²) in [6.45, 7) is 1.87. The first-order valence-electron chi connectivity index (χ1n) is 6.24. The van der Waals surface area contributed by atoms with Crippen molar-refractivity contribution < 1.29 is 9.18 Å². The average molecular weight is 290 g/mol. The Morgan fingerprint density at radius 2 is 2.05 bits per heavy atom. The second-order valence-electron chi connectivity index (χ2n) is 4.30. The van der Waals surface area contributed by atoms with Crippen molar-refractivity contribution in [1.82, 2.24) is 10.3 Å². The molecule has 1 amide bonds. The fourth-order valence-electron chi connectivity index (χ4n) is 1.69. The third-order valence-corrected chi connectivity index (χ3v) is 3.68. The van der Waals surface area contributed by atoms with Gasteiger partial charge in [-0.3, -0.25) is 4.79 Å². The summed E-state index contributed by atoms with van der Waals surface area (Å²) in [5, 5.41) is 3.69. The minimum Gasteiger partial charge on any atom is -0.349 e. The van der Waals surface area contributed by atoms with Crippen LogP contribution in [0, 0.1) is 5.82 Å². The lowest BCUT2D eigenvalue weighted by Gasteiger charge is -2.14. The molecule has 5 heteroatoms. The van der Waals surface area contributed by atoms with Crippen molar-refractivity contribution in [3.63, 3.8) is 0 Å². The van der Waals surface area contributed by atoms with Crippen molar-refractivity contribution in [2.75, 3.05) is 5.75 Å². The van der Waals surface area contributed by atoms with Crippen molar-refractivity contribution in [2.45, 2.75) is 18.0 Å². The molecule has 0 fully saturated rings. The fraction of sp³-hybridized carbons (Fsp3) is 0.200. The Balaban J connectivity index is 1.83. The molecule has 1 N–H and O–H groups in total. The number of amides is 1. The van der Waals surface area contributed by atoms with Gasteiger partial charge < -0.3 is 5.32 Å². The third-order valence-electron chi connectivity index (χ3n) is 2.74. The molecule has 20 heavy (non-hydrogen) atoms. The van der Waals surface area contributed by atoms with Crippen molar-refractivity contribution in [3.05, 3.63) is 60.0 Å². The van der Waals surface area contributed by atoms with E-state index >= 15 is 0 Å². The molecule has 1 unspecified atom stereocenters. The Labute approximate surface area is 121 Å². The first-order chi connectivity index (χ1) is 9.65. The molecule has 0 spiro atoms. The number of carbonyl (C=O) groups is 1. The van der Waals surface area contributed by atoms with E-state index in [4.69, 9.17) is 0 Å². The zero-order valence-corrected chi connectivity index (χ0v) is 11.9. The van der Waals surface area contributed by atoms with Crippen molar-refractivity contribution in [3.8, 4) is 0 Å². The van der Waals surface area contributed by atoms with Crippen LogP contribution in [0.2, 0.25) is 0 Å². The minimum atomic E-state index is -0.280. The molecule has 1 aromatic carbocycles.